The van der Waals surface area contributed by atoms with Gasteiger partial charge in [0.05, 0.1) is 22.8 Å². The molecule has 0 amide bonds. The van der Waals surface area contributed by atoms with Crippen LogP contribution in [0.15, 0.2) is 48.5 Å². The van der Waals surface area contributed by atoms with Crippen LogP contribution in [0, 0.1) is 0 Å². The normalized spacial score (nSPS) is 10.5. The van der Waals surface area contributed by atoms with Gasteiger partial charge < -0.3 is 9.97 Å². The minimum absolute atomic E-state index is 0. The van der Waals surface area contributed by atoms with Gasteiger partial charge in [-0.15, -0.1) is 95.9 Å². The molecule has 0 saturated carbocycles. The minimum Gasteiger partial charge on any atom is -0.355 e. The van der Waals surface area contributed by atoms with E-state index in [0.29, 0.717) is 0 Å². The molecular formula is C20H18I4N4Zn. The maximum atomic E-state index is 4.62. The van der Waals surface area contributed by atoms with E-state index in [2.05, 4.69) is 50.3 Å². The summed E-state index contributed by atoms with van der Waals surface area (Å²) in [6.45, 7) is 0. The van der Waals surface area contributed by atoms with Crippen molar-refractivity contribution in [2.45, 2.75) is 0 Å². The van der Waals surface area contributed by atoms with Gasteiger partial charge in [0.1, 0.15) is 0 Å². The third-order valence-corrected chi connectivity index (χ3v) is 4.04. The fraction of sp³-hybridized carbons (Fsp3) is 0. The number of hydrogen-bond donors (Lipinski definition) is 2. The molecule has 0 unspecified atom stereocenters. The SMILES string of the molecule is C1=Cc2cc3ccc(cc4ccc(cc5nc(cc1n2)C=C5)[nH]4)[nH]3.I.I.I.I.[Zn]. The molecule has 9 heteroatoms. The molecule has 2 aliphatic heterocycles. The van der Waals surface area contributed by atoms with Gasteiger partial charge in [0.25, 0.3) is 0 Å². The zero-order chi connectivity index (χ0) is 15.9. The first-order valence-corrected chi connectivity index (χ1v) is 7.85. The minimum atomic E-state index is 0. The number of aromatic amines is 2. The summed E-state index contributed by atoms with van der Waals surface area (Å²) < 4.78 is 0. The molecule has 5 rings (SSSR count). The van der Waals surface area contributed by atoms with Crippen molar-refractivity contribution in [3.63, 3.8) is 0 Å². The summed E-state index contributed by atoms with van der Waals surface area (Å²) in [5.41, 5.74) is 7.86. The summed E-state index contributed by atoms with van der Waals surface area (Å²) in [6, 6.07) is 16.4. The first-order chi connectivity index (χ1) is 11.8. The maximum Gasteiger partial charge on any atom is 0.0659 e. The molecule has 2 N–H and O–H groups in total. The number of H-pyrrole nitrogens is 2. The Kier molecular flexibility index (Phi) is 12.9. The molecule has 0 aromatic carbocycles. The standard InChI is InChI=1S/C20H14N4.4HI.Zn/c1-2-14-10-16-5-6-18(23-16)12-20-8-7-19(24-20)11-17-4-3-15(22-17)9-13(1)21-14;;;;;/h1-12,21-22H;4*1H;. The number of halogens is 4. The number of fused-ring (bicyclic) bond motifs is 8. The van der Waals surface area contributed by atoms with Crippen LogP contribution >= 0.6 is 95.9 Å². The van der Waals surface area contributed by atoms with Gasteiger partial charge in [0.15, 0.2) is 0 Å². The van der Waals surface area contributed by atoms with Crippen LogP contribution in [0.2, 0.25) is 0 Å². The van der Waals surface area contributed by atoms with Crippen LogP contribution in [-0.4, -0.2) is 19.9 Å². The molecule has 0 radical (unpaired) electrons. The van der Waals surface area contributed by atoms with Crippen LogP contribution < -0.4 is 0 Å². The van der Waals surface area contributed by atoms with Crippen molar-refractivity contribution in [1.29, 1.82) is 0 Å². The third-order valence-electron chi connectivity index (χ3n) is 4.04. The van der Waals surface area contributed by atoms with E-state index in [1.54, 1.807) is 0 Å². The molecule has 5 heterocycles. The average molecular weight is 887 g/mol. The topological polar surface area (TPSA) is 57.4 Å². The second-order valence-electron chi connectivity index (χ2n) is 5.91. The second kappa shape index (κ2) is 12.9. The van der Waals surface area contributed by atoms with Gasteiger partial charge in [0.2, 0.25) is 0 Å². The number of nitrogens with zero attached hydrogens (tertiary/aromatic N) is 2. The van der Waals surface area contributed by atoms with Crippen molar-refractivity contribution < 1.29 is 19.5 Å². The number of nitrogens with one attached hydrogen (secondary N) is 2. The van der Waals surface area contributed by atoms with Crippen LogP contribution in [-0.2, 0) is 19.5 Å². The quantitative estimate of drug-likeness (QED) is 0.129. The summed E-state index contributed by atoms with van der Waals surface area (Å²) in [5, 5.41) is 0. The van der Waals surface area contributed by atoms with Gasteiger partial charge in [0, 0.05) is 41.5 Å². The van der Waals surface area contributed by atoms with Gasteiger partial charge >= 0.3 is 0 Å². The fourth-order valence-electron chi connectivity index (χ4n) is 2.94. The van der Waals surface area contributed by atoms with Crippen molar-refractivity contribution in [3.05, 3.63) is 71.3 Å². The molecule has 4 nitrogen and oxygen atoms in total. The third kappa shape index (κ3) is 7.07. The van der Waals surface area contributed by atoms with E-state index in [-0.39, 0.29) is 115 Å². The Labute approximate surface area is 249 Å². The van der Waals surface area contributed by atoms with Crippen molar-refractivity contribution in [2.75, 3.05) is 0 Å². The molecule has 3 aromatic rings. The molecule has 0 atom stereocenters. The second-order valence-corrected chi connectivity index (χ2v) is 5.91. The Morgan fingerprint density at radius 1 is 0.448 bits per heavy atom. The van der Waals surface area contributed by atoms with Crippen LogP contribution in [0.5, 0.6) is 0 Å². The van der Waals surface area contributed by atoms with Crippen molar-refractivity contribution >= 4 is 142 Å². The molecule has 8 bridgehead atoms. The summed E-state index contributed by atoms with van der Waals surface area (Å²) in [4.78, 5) is 16.0. The van der Waals surface area contributed by atoms with Crippen LogP contribution in [0.4, 0.5) is 0 Å². The van der Waals surface area contributed by atoms with Crippen molar-refractivity contribution in [3.8, 4) is 0 Å². The Hall–Kier alpha value is 0.143. The molecule has 0 aliphatic carbocycles. The smallest absolute Gasteiger partial charge is 0.0659 e. The predicted octanol–water partition coefficient (Wildman–Crippen LogP) is 7.13. The molecule has 3 aromatic heterocycles. The molecule has 0 saturated heterocycles. The Bertz CT molecular complexity index is 1090. The average Bonchev–Trinajstić information content (AvgIpc) is 3.32. The molecule has 29 heavy (non-hydrogen) atoms. The monoisotopic (exact) mass is 886 g/mol. The number of rotatable bonds is 0. The first kappa shape index (κ1) is 29.1. The zero-order valence-electron chi connectivity index (χ0n) is 15.2. The zero-order valence-corrected chi connectivity index (χ0v) is 27.5. The Morgan fingerprint density at radius 2 is 0.759 bits per heavy atom. The largest absolute Gasteiger partial charge is 0.355 e. The van der Waals surface area contributed by atoms with E-state index >= 15 is 0 Å². The Balaban J connectivity index is 0.00000157. The van der Waals surface area contributed by atoms with Crippen molar-refractivity contribution in [2.24, 2.45) is 0 Å². The summed E-state index contributed by atoms with van der Waals surface area (Å²) in [7, 11) is 0. The van der Waals surface area contributed by atoms with Crippen LogP contribution in [0.3, 0.4) is 0 Å². The predicted molar refractivity (Wildman–Crippen MR) is 161 cm³/mol. The van der Waals surface area contributed by atoms with Gasteiger partial charge in [-0.3, -0.25) is 0 Å². The molecule has 148 valence electrons. The molecule has 0 fully saturated rings. The van der Waals surface area contributed by atoms with Crippen LogP contribution in [0.25, 0.3) is 46.4 Å². The van der Waals surface area contributed by atoms with E-state index < -0.39 is 0 Å². The van der Waals surface area contributed by atoms with E-state index in [4.69, 9.17) is 0 Å². The van der Waals surface area contributed by atoms with Gasteiger partial charge in [-0.05, 0) is 72.8 Å². The summed E-state index contributed by atoms with van der Waals surface area (Å²) in [5.74, 6) is 0. The van der Waals surface area contributed by atoms with Gasteiger partial charge in [-0.25, -0.2) is 9.97 Å². The van der Waals surface area contributed by atoms with E-state index in [1.165, 1.54) is 0 Å². The fourth-order valence-corrected chi connectivity index (χ4v) is 2.94. The molecule has 2 aliphatic rings. The molecular weight excluding hydrogens is 869 g/mol. The Morgan fingerprint density at radius 3 is 1.14 bits per heavy atom. The number of aromatic nitrogens is 4. The van der Waals surface area contributed by atoms with E-state index in [1.807, 2.05) is 42.5 Å². The number of hydrogen-bond acceptors (Lipinski definition) is 2. The molecule has 0 spiro atoms. The van der Waals surface area contributed by atoms with Crippen LogP contribution in [0.1, 0.15) is 22.8 Å². The van der Waals surface area contributed by atoms with Gasteiger partial charge in [-0.2, -0.15) is 0 Å². The van der Waals surface area contributed by atoms with E-state index in [0.717, 1.165) is 44.8 Å². The van der Waals surface area contributed by atoms with Crippen molar-refractivity contribution in [1.82, 2.24) is 19.9 Å². The van der Waals surface area contributed by atoms with E-state index in [9.17, 15) is 0 Å². The maximum absolute atomic E-state index is 4.62. The summed E-state index contributed by atoms with van der Waals surface area (Å²) >= 11 is 0. The summed E-state index contributed by atoms with van der Waals surface area (Å²) in [6.07, 6.45) is 8.05. The van der Waals surface area contributed by atoms with Gasteiger partial charge in [-0.1, -0.05) is 0 Å². The first-order valence-electron chi connectivity index (χ1n) is 7.85.